The quantitative estimate of drug-likeness (QED) is 0.896. The van der Waals surface area contributed by atoms with E-state index in [1.165, 1.54) is 10.6 Å². The molecule has 26 heavy (non-hydrogen) atoms. The molecule has 0 aromatic heterocycles. The number of carbonyl (C=O) groups is 1. The third-order valence-corrected chi connectivity index (χ3v) is 6.04. The Labute approximate surface area is 155 Å². The predicted molar refractivity (Wildman–Crippen MR) is 106 cm³/mol. The molecule has 1 atom stereocenters. The Kier molecular flexibility index (Phi) is 4.56. The van der Waals surface area contributed by atoms with Gasteiger partial charge in [-0.2, -0.15) is 0 Å². The number of rotatable bonds is 3. The molecule has 0 unspecified atom stereocenters. The second-order valence-electron chi connectivity index (χ2n) is 7.18. The summed E-state index contributed by atoms with van der Waals surface area (Å²) in [5, 5.41) is 3.00. The summed E-state index contributed by atoms with van der Waals surface area (Å²) in [6.45, 7) is 7.86. The van der Waals surface area contributed by atoms with E-state index < -0.39 is 10.0 Å². The number of benzene rings is 2. The maximum Gasteiger partial charge on any atom is 0.255 e. The number of hydrogen-bond donors (Lipinski definition) is 1. The van der Waals surface area contributed by atoms with Crippen molar-refractivity contribution in [2.75, 3.05) is 15.9 Å². The Morgan fingerprint density at radius 1 is 1.12 bits per heavy atom. The van der Waals surface area contributed by atoms with Crippen molar-refractivity contribution >= 4 is 27.3 Å². The fourth-order valence-corrected chi connectivity index (χ4v) is 5.08. The van der Waals surface area contributed by atoms with E-state index in [2.05, 4.69) is 5.32 Å². The second-order valence-corrected chi connectivity index (χ2v) is 9.04. The molecule has 6 heteroatoms. The molecule has 1 N–H and O–H groups in total. The zero-order valence-electron chi connectivity index (χ0n) is 15.8. The van der Waals surface area contributed by atoms with Crippen molar-refractivity contribution in [3.05, 3.63) is 58.1 Å². The van der Waals surface area contributed by atoms with Crippen molar-refractivity contribution in [1.82, 2.24) is 0 Å². The van der Waals surface area contributed by atoms with Gasteiger partial charge >= 0.3 is 0 Å². The van der Waals surface area contributed by atoms with Crippen LogP contribution in [-0.2, 0) is 16.4 Å². The molecule has 138 valence electrons. The number of anilines is 2. The summed E-state index contributed by atoms with van der Waals surface area (Å²) >= 11 is 0. The first-order chi connectivity index (χ1) is 12.1. The van der Waals surface area contributed by atoms with Gasteiger partial charge in [-0.3, -0.25) is 9.10 Å². The summed E-state index contributed by atoms with van der Waals surface area (Å²) in [4.78, 5) is 12.7. The second kappa shape index (κ2) is 6.43. The molecule has 0 saturated carbocycles. The average Bonchev–Trinajstić information content (AvgIpc) is 2.85. The molecule has 1 aliphatic rings. The van der Waals surface area contributed by atoms with E-state index in [1.54, 1.807) is 18.2 Å². The van der Waals surface area contributed by atoms with Gasteiger partial charge in [0.1, 0.15) is 0 Å². The van der Waals surface area contributed by atoms with Crippen LogP contribution in [0.5, 0.6) is 0 Å². The highest BCUT2D eigenvalue weighted by Gasteiger charge is 2.32. The van der Waals surface area contributed by atoms with Gasteiger partial charge in [0.05, 0.1) is 11.9 Å². The van der Waals surface area contributed by atoms with Crippen molar-refractivity contribution in [3.8, 4) is 0 Å². The van der Waals surface area contributed by atoms with E-state index in [0.717, 1.165) is 27.9 Å². The Balaban J connectivity index is 1.91. The number of nitrogens with zero attached hydrogens (tertiary/aromatic N) is 1. The molecule has 0 radical (unpaired) electrons. The first kappa shape index (κ1) is 18.5. The molecule has 2 aromatic carbocycles. The summed E-state index contributed by atoms with van der Waals surface area (Å²) in [5.41, 5.74) is 6.11. The van der Waals surface area contributed by atoms with Crippen molar-refractivity contribution in [2.45, 2.75) is 40.2 Å². The molecule has 0 fully saturated rings. The van der Waals surface area contributed by atoms with Crippen LogP contribution in [0, 0.1) is 20.8 Å². The lowest BCUT2D eigenvalue weighted by Crippen LogP contribution is -2.34. The Bertz CT molecular complexity index is 973. The third kappa shape index (κ3) is 3.33. The molecule has 1 heterocycles. The van der Waals surface area contributed by atoms with E-state index in [0.29, 0.717) is 17.7 Å². The minimum absolute atomic E-state index is 0.139. The minimum atomic E-state index is -3.33. The summed E-state index contributed by atoms with van der Waals surface area (Å²) in [6.07, 6.45) is 1.81. The molecule has 0 aliphatic carbocycles. The van der Waals surface area contributed by atoms with Crippen molar-refractivity contribution in [3.63, 3.8) is 0 Å². The monoisotopic (exact) mass is 372 g/mol. The van der Waals surface area contributed by atoms with E-state index >= 15 is 0 Å². The molecule has 1 amide bonds. The lowest BCUT2D eigenvalue weighted by atomic mass is 10.0. The number of hydrogen-bond acceptors (Lipinski definition) is 3. The highest BCUT2D eigenvalue weighted by Crippen LogP contribution is 2.35. The van der Waals surface area contributed by atoms with E-state index in [-0.39, 0.29) is 11.9 Å². The topological polar surface area (TPSA) is 66.5 Å². The van der Waals surface area contributed by atoms with Gasteiger partial charge in [0.25, 0.3) is 5.91 Å². The normalized spacial score (nSPS) is 16.5. The van der Waals surface area contributed by atoms with Gasteiger partial charge < -0.3 is 5.32 Å². The molecule has 2 aromatic rings. The smallest absolute Gasteiger partial charge is 0.255 e. The number of aryl methyl sites for hydroxylation is 3. The van der Waals surface area contributed by atoms with Crippen LogP contribution in [0.3, 0.4) is 0 Å². The van der Waals surface area contributed by atoms with Crippen molar-refractivity contribution in [1.29, 1.82) is 0 Å². The fraction of sp³-hybridized carbons (Fsp3) is 0.350. The molecular weight excluding hydrogens is 348 g/mol. The van der Waals surface area contributed by atoms with Crippen LogP contribution < -0.4 is 9.62 Å². The summed E-state index contributed by atoms with van der Waals surface area (Å²) in [7, 11) is -3.33. The number of amides is 1. The standard InChI is InChI=1S/C20H24N2O3S/c1-12-8-13(2)19(14(3)9-12)21-20(23)16-6-7-18-17(11-16)10-15(4)22(18)26(5,24)25/h6-9,11,15H,10H2,1-5H3,(H,21,23)/t15-/m1/s1. The predicted octanol–water partition coefficient (Wildman–Crippen LogP) is 3.57. The lowest BCUT2D eigenvalue weighted by molar-refractivity contribution is 0.102. The molecule has 3 rings (SSSR count). The van der Waals surface area contributed by atoms with Crippen LogP contribution in [0.4, 0.5) is 11.4 Å². The van der Waals surface area contributed by atoms with Crippen LogP contribution in [0.1, 0.15) is 39.5 Å². The molecule has 5 nitrogen and oxygen atoms in total. The van der Waals surface area contributed by atoms with Gasteiger partial charge in [0.2, 0.25) is 10.0 Å². The molecule has 0 bridgehead atoms. The Morgan fingerprint density at radius 3 is 2.31 bits per heavy atom. The third-order valence-electron chi connectivity index (χ3n) is 4.77. The SMILES string of the molecule is Cc1cc(C)c(NC(=O)c2ccc3c(c2)C[C@@H](C)N3S(C)(=O)=O)c(C)c1. The van der Waals surface area contributed by atoms with Crippen LogP contribution >= 0.6 is 0 Å². The number of sulfonamides is 1. The molecule has 0 spiro atoms. The summed E-state index contributed by atoms with van der Waals surface area (Å²) in [6, 6.07) is 9.14. The van der Waals surface area contributed by atoms with Gasteiger partial charge in [-0.1, -0.05) is 17.7 Å². The first-order valence-corrected chi connectivity index (χ1v) is 10.4. The lowest BCUT2D eigenvalue weighted by Gasteiger charge is -2.22. The Hall–Kier alpha value is -2.34. The van der Waals surface area contributed by atoms with Gasteiger partial charge in [0.15, 0.2) is 0 Å². The molecular formula is C20H24N2O3S. The fourth-order valence-electron chi connectivity index (χ4n) is 3.81. The zero-order valence-corrected chi connectivity index (χ0v) is 16.6. The first-order valence-electron chi connectivity index (χ1n) is 8.59. The van der Waals surface area contributed by atoms with Gasteiger partial charge in [-0.15, -0.1) is 0 Å². The van der Waals surface area contributed by atoms with E-state index in [9.17, 15) is 13.2 Å². The highest BCUT2D eigenvalue weighted by molar-refractivity contribution is 7.92. The van der Waals surface area contributed by atoms with E-state index in [1.807, 2.05) is 39.8 Å². The van der Waals surface area contributed by atoms with E-state index in [4.69, 9.17) is 0 Å². The maximum absolute atomic E-state index is 12.7. The summed E-state index contributed by atoms with van der Waals surface area (Å²) in [5.74, 6) is -0.187. The Morgan fingerprint density at radius 2 is 1.73 bits per heavy atom. The van der Waals surface area contributed by atoms with Crippen LogP contribution in [0.15, 0.2) is 30.3 Å². The molecule has 0 saturated heterocycles. The van der Waals surface area contributed by atoms with Crippen molar-refractivity contribution < 1.29 is 13.2 Å². The largest absolute Gasteiger partial charge is 0.322 e. The maximum atomic E-state index is 12.7. The van der Waals surface area contributed by atoms with Gasteiger partial charge in [-0.25, -0.2) is 8.42 Å². The van der Waals surface area contributed by atoms with Crippen LogP contribution in [-0.4, -0.2) is 26.6 Å². The summed E-state index contributed by atoms with van der Waals surface area (Å²) < 4.78 is 25.5. The highest BCUT2D eigenvalue weighted by atomic mass is 32.2. The zero-order chi connectivity index (χ0) is 19.2. The van der Waals surface area contributed by atoms with Crippen LogP contribution in [0.25, 0.3) is 0 Å². The number of fused-ring (bicyclic) bond motifs is 1. The number of nitrogens with one attached hydrogen (secondary N) is 1. The van der Waals surface area contributed by atoms with Gasteiger partial charge in [-0.05, 0) is 69.0 Å². The number of carbonyl (C=O) groups excluding carboxylic acids is 1. The van der Waals surface area contributed by atoms with Crippen molar-refractivity contribution in [2.24, 2.45) is 0 Å². The average molecular weight is 372 g/mol. The minimum Gasteiger partial charge on any atom is -0.322 e. The van der Waals surface area contributed by atoms with Crippen LogP contribution in [0.2, 0.25) is 0 Å². The van der Waals surface area contributed by atoms with Gasteiger partial charge in [0, 0.05) is 17.3 Å². The molecule has 1 aliphatic heterocycles.